The predicted octanol–water partition coefficient (Wildman–Crippen LogP) is 2.23. The lowest BCUT2D eigenvalue weighted by molar-refractivity contribution is -0.125. The molecule has 3 rings (SSSR count). The molecule has 1 aliphatic rings. The molecule has 2 aromatic heterocycles. The van der Waals surface area contributed by atoms with Crippen LogP contribution in [0.4, 0.5) is 0 Å². The summed E-state index contributed by atoms with van der Waals surface area (Å²) in [5, 5.41) is 1.99. The molecule has 108 valence electrons. The number of rotatable bonds is 4. The van der Waals surface area contributed by atoms with Crippen LogP contribution in [-0.2, 0) is 4.79 Å². The Balaban J connectivity index is 1.53. The van der Waals surface area contributed by atoms with Gasteiger partial charge in [0.2, 0.25) is 11.8 Å². The Bertz CT molecular complexity index is 613. The zero-order valence-electron chi connectivity index (χ0n) is 11.4. The van der Waals surface area contributed by atoms with Gasteiger partial charge in [0, 0.05) is 36.3 Å². The van der Waals surface area contributed by atoms with Crippen molar-refractivity contribution in [2.75, 3.05) is 13.1 Å². The number of nitrogens with zero attached hydrogens (tertiary/aromatic N) is 3. The van der Waals surface area contributed by atoms with E-state index in [-0.39, 0.29) is 12.0 Å². The van der Waals surface area contributed by atoms with Crippen LogP contribution in [0.1, 0.15) is 11.3 Å². The van der Waals surface area contributed by atoms with Crippen LogP contribution in [0.2, 0.25) is 0 Å². The first-order chi connectivity index (χ1) is 10.3. The summed E-state index contributed by atoms with van der Waals surface area (Å²) in [6.07, 6.45) is 9.06. The molecule has 0 aromatic carbocycles. The van der Waals surface area contributed by atoms with E-state index >= 15 is 0 Å². The number of aromatic nitrogens is 2. The molecule has 21 heavy (non-hydrogen) atoms. The molecule has 0 radical (unpaired) electrons. The number of likely N-dealkylation sites (tertiary alicyclic amines) is 1. The molecular formula is C15H15N3O2S. The molecule has 0 bridgehead atoms. The van der Waals surface area contributed by atoms with Crippen molar-refractivity contribution in [1.82, 2.24) is 14.9 Å². The van der Waals surface area contributed by atoms with E-state index in [2.05, 4.69) is 9.97 Å². The summed E-state index contributed by atoms with van der Waals surface area (Å²) in [4.78, 5) is 23.0. The number of carbonyl (C=O) groups excluding carboxylic acids is 1. The number of carbonyl (C=O) groups is 1. The quantitative estimate of drug-likeness (QED) is 0.813. The predicted molar refractivity (Wildman–Crippen MR) is 81.0 cm³/mol. The summed E-state index contributed by atoms with van der Waals surface area (Å²) in [7, 11) is 0. The molecule has 1 amide bonds. The van der Waals surface area contributed by atoms with E-state index in [0.29, 0.717) is 19.0 Å². The van der Waals surface area contributed by atoms with Gasteiger partial charge >= 0.3 is 0 Å². The van der Waals surface area contributed by atoms with Crippen molar-refractivity contribution in [3.8, 4) is 5.88 Å². The van der Waals surface area contributed by atoms with E-state index in [9.17, 15) is 4.79 Å². The minimum absolute atomic E-state index is 0.0132. The average molecular weight is 301 g/mol. The minimum Gasteiger partial charge on any atom is -0.471 e. The highest BCUT2D eigenvalue weighted by Crippen LogP contribution is 2.16. The smallest absolute Gasteiger partial charge is 0.246 e. The van der Waals surface area contributed by atoms with Crippen LogP contribution in [0, 0.1) is 0 Å². The standard InChI is InChI=1S/C15H15N3O2S/c19-15(4-3-13-2-1-9-21-13)18-8-5-12(11-18)20-14-10-16-6-7-17-14/h1-4,6-7,9-10,12H,5,8,11H2/b4-3+/t12-/m0/s1. The van der Waals surface area contributed by atoms with Gasteiger partial charge in [-0.2, -0.15) is 0 Å². The second-order valence-corrected chi connectivity index (χ2v) is 5.68. The zero-order chi connectivity index (χ0) is 14.5. The molecule has 1 saturated heterocycles. The van der Waals surface area contributed by atoms with E-state index in [4.69, 9.17) is 4.74 Å². The zero-order valence-corrected chi connectivity index (χ0v) is 12.2. The van der Waals surface area contributed by atoms with E-state index in [1.165, 1.54) is 0 Å². The molecule has 0 unspecified atom stereocenters. The van der Waals surface area contributed by atoms with Gasteiger partial charge in [-0.1, -0.05) is 6.07 Å². The second kappa shape index (κ2) is 6.49. The first-order valence-electron chi connectivity index (χ1n) is 6.74. The SMILES string of the molecule is O=C(/C=C/c1cccs1)N1CC[C@H](Oc2cnccn2)C1. The van der Waals surface area contributed by atoms with Crippen molar-refractivity contribution < 1.29 is 9.53 Å². The summed E-state index contributed by atoms with van der Waals surface area (Å²) in [5.41, 5.74) is 0. The first-order valence-corrected chi connectivity index (χ1v) is 7.62. The van der Waals surface area contributed by atoms with Gasteiger partial charge in [0.15, 0.2) is 0 Å². The van der Waals surface area contributed by atoms with Crippen molar-refractivity contribution in [2.24, 2.45) is 0 Å². The van der Waals surface area contributed by atoms with Crippen LogP contribution in [0.25, 0.3) is 6.08 Å². The van der Waals surface area contributed by atoms with Gasteiger partial charge in [0.05, 0.1) is 12.7 Å². The maximum atomic E-state index is 12.1. The second-order valence-electron chi connectivity index (χ2n) is 4.71. The van der Waals surface area contributed by atoms with E-state index in [1.54, 1.807) is 40.9 Å². The Morgan fingerprint density at radius 3 is 3.19 bits per heavy atom. The summed E-state index contributed by atoms with van der Waals surface area (Å²) in [6.45, 7) is 1.29. The average Bonchev–Trinajstić information content (AvgIpc) is 3.17. The molecule has 1 atom stereocenters. The lowest BCUT2D eigenvalue weighted by Crippen LogP contribution is -2.29. The topological polar surface area (TPSA) is 55.3 Å². The van der Waals surface area contributed by atoms with Gasteiger partial charge in [0.1, 0.15) is 6.10 Å². The van der Waals surface area contributed by atoms with Gasteiger partial charge < -0.3 is 9.64 Å². The Kier molecular flexibility index (Phi) is 4.25. The van der Waals surface area contributed by atoms with E-state index in [1.807, 2.05) is 23.6 Å². The number of amides is 1. The van der Waals surface area contributed by atoms with Crippen LogP contribution >= 0.6 is 11.3 Å². The minimum atomic E-state index is -0.0132. The number of hydrogen-bond donors (Lipinski definition) is 0. The summed E-state index contributed by atoms with van der Waals surface area (Å²) >= 11 is 1.61. The van der Waals surface area contributed by atoms with Crippen molar-refractivity contribution in [1.29, 1.82) is 0 Å². The van der Waals surface area contributed by atoms with Gasteiger partial charge in [-0.3, -0.25) is 9.78 Å². The molecule has 0 spiro atoms. The van der Waals surface area contributed by atoms with Crippen molar-refractivity contribution in [3.05, 3.63) is 47.1 Å². The van der Waals surface area contributed by atoms with Crippen LogP contribution in [-0.4, -0.2) is 40.0 Å². The van der Waals surface area contributed by atoms with Gasteiger partial charge in [0.25, 0.3) is 0 Å². The highest BCUT2D eigenvalue weighted by molar-refractivity contribution is 7.10. The van der Waals surface area contributed by atoms with Gasteiger partial charge in [-0.25, -0.2) is 4.98 Å². The van der Waals surface area contributed by atoms with Crippen molar-refractivity contribution in [3.63, 3.8) is 0 Å². The molecule has 3 heterocycles. The summed E-state index contributed by atoms with van der Waals surface area (Å²) < 4.78 is 5.72. The fraction of sp³-hybridized carbons (Fsp3) is 0.267. The molecule has 6 heteroatoms. The highest BCUT2D eigenvalue weighted by atomic mass is 32.1. The van der Waals surface area contributed by atoms with E-state index in [0.717, 1.165) is 11.3 Å². The third-order valence-electron chi connectivity index (χ3n) is 3.22. The number of thiophene rings is 1. The molecule has 1 fully saturated rings. The summed E-state index contributed by atoms with van der Waals surface area (Å²) in [5.74, 6) is 0.527. The van der Waals surface area contributed by atoms with Crippen LogP contribution in [0.15, 0.2) is 42.2 Å². The molecule has 5 nitrogen and oxygen atoms in total. The molecule has 0 saturated carbocycles. The third kappa shape index (κ3) is 3.66. The largest absolute Gasteiger partial charge is 0.471 e. The normalized spacial score (nSPS) is 18.3. The van der Waals surface area contributed by atoms with E-state index < -0.39 is 0 Å². The van der Waals surface area contributed by atoms with Crippen LogP contribution in [0.5, 0.6) is 5.88 Å². The Morgan fingerprint density at radius 1 is 1.48 bits per heavy atom. The van der Waals surface area contributed by atoms with Gasteiger partial charge in [-0.05, 0) is 17.5 Å². The fourth-order valence-corrected chi connectivity index (χ4v) is 2.80. The first kappa shape index (κ1) is 13.8. The maximum absolute atomic E-state index is 12.1. The Morgan fingerprint density at radius 2 is 2.43 bits per heavy atom. The Hall–Kier alpha value is -2.21. The van der Waals surface area contributed by atoms with Crippen molar-refractivity contribution >= 4 is 23.3 Å². The van der Waals surface area contributed by atoms with Crippen molar-refractivity contribution in [2.45, 2.75) is 12.5 Å². The van der Waals surface area contributed by atoms with Crippen LogP contribution in [0.3, 0.4) is 0 Å². The molecule has 0 aliphatic carbocycles. The maximum Gasteiger partial charge on any atom is 0.246 e. The lowest BCUT2D eigenvalue weighted by Gasteiger charge is -2.14. The monoisotopic (exact) mass is 301 g/mol. The summed E-state index contributed by atoms with van der Waals surface area (Å²) in [6, 6.07) is 3.95. The highest BCUT2D eigenvalue weighted by Gasteiger charge is 2.26. The Labute approximate surface area is 126 Å². The molecule has 1 aliphatic heterocycles. The lowest BCUT2D eigenvalue weighted by atomic mass is 10.3. The van der Waals surface area contributed by atoms with Crippen LogP contribution < -0.4 is 4.74 Å². The fourth-order valence-electron chi connectivity index (χ4n) is 2.19. The number of ether oxygens (including phenoxy) is 1. The molecule has 0 N–H and O–H groups in total. The van der Waals surface area contributed by atoms with Gasteiger partial charge in [-0.15, -0.1) is 11.3 Å². The third-order valence-corrected chi connectivity index (χ3v) is 4.05. The molecular weight excluding hydrogens is 286 g/mol. The molecule has 2 aromatic rings. The number of hydrogen-bond acceptors (Lipinski definition) is 5.